The van der Waals surface area contributed by atoms with Gasteiger partial charge in [-0.25, -0.2) is 4.39 Å². The number of halogens is 7. The van der Waals surface area contributed by atoms with Gasteiger partial charge in [0.05, 0.1) is 5.75 Å². The molecule has 0 spiro atoms. The SMILES string of the molecule is Cc1cc(F)c(C2SC(=N)C(=O)N2CC(F)(F)F)cc1SCC(F)(F)F. The standard InChI is InChI=1S/C14H11F7N2OS2/c1-6-2-8(15)7(3-9(6)25-5-14(19,20)21)12-23(4-13(16,17)18)11(24)10(22)26-12/h2-3,12,22H,4-5H2,1H3. The highest BCUT2D eigenvalue weighted by molar-refractivity contribution is 8.16. The molecule has 0 aliphatic carbocycles. The maximum absolute atomic E-state index is 14.3. The third kappa shape index (κ3) is 5.06. The first-order valence-electron chi connectivity index (χ1n) is 6.91. The van der Waals surface area contributed by atoms with E-state index in [-0.39, 0.29) is 16.0 Å². The lowest BCUT2D eigenvalue weighted by atomic mass is 10.1. The largest absolute Gasteiger partial charge is 0.406 e. The average molecular weight is 420 g/mol. The second-order valence-electron chi connectivity index (χ2n) is 5.39. The zero-order valence-electron chi connectivity index (χ0n) is 13.0. The number of hydrogen-bond acceptors (Lipinski definition) is 4. The smallest absolute Gasteiger partial charge is 0.311 e. The average Bonchev–Trinajstić information content (AvgIpc) is 2.72. The monoisotopic (exact) mass is 420 g/mol. The number of aryl methyl sites for hydroxylation is 1. The molecule has 2 rings (SSSR count). The minimum atomic E-state index is -4.77. The molecule has 1 aromatic rings. The molecule has 1 fully saturated rings. The van der Waals surface area contributed by atoms with Crippen molar-refractivity contribution in [2.24, 2.45) is 0 Å². The maximum atomic E-state index is 14.3. The van der Waals surface area contributed by atoms with Gasteiger partial charge in [-0.3, -0.25) is 10.2 Å². The Morgan fingerprint density at radius 3 is 2.35 bits per heavy atom. The number of rotatable bonds is 4. The first-order valence-corrected chi connectivity index (χ1v) is 8.77. The van der Waals surface area contributed by atoms with Gasteiger partial charge in [0, 0.05) is 10.5 Å². The number of hydrogen-bond donors (Lipinski definition) is 1. The summed E-state index contributed by atoms with van der Waals surface area (Å²) in [5.74, 6) is -3.41. The van der Waals surface area contributed by atoms with Gasteiger partial charge in [0.25, 0.3) is 5.91 Å². The normalized spacial score (nSPS) is 18.8. The Morgan fingerprint density at radius 1 is 1.19 bits per heavy atom. The van der Waals surface area contributed by atoms with Gasteiger partial charge in [0.15, 0.2) is 5.04 Å². The summed E-state index contributed by atoms with van der Waals surface area (Å²) in [6.45, 7) is -0.321. The molecule has 1 unspecified atom stereocenters. The van der Waals surface area contributed by atoms with Crippen molar-refractivity contribution in [3.05, 3.63) is 29.1 Å². The van der Waals surface area contributed by atoms with Crippen molar-refractivity contribution in [3.8, 4) is 0 Å². The van der Waals surface area contributed by atoms with Gasteiger partial charge in [-0.05, 0) is 24.6 Å². The second-order valence-corrected chi connectivity index (χ2v) is 7.50. The van der Waals surface area contributed by atoms with Gasteiger partial charge in [-0.2, -0.15) is 26.3 Å². The number of carbonyl (C=O) groups excluding carboxylic acids is 1. The van der Waals surface area contributed by atoms with Gasteiger partial charge in [-0.15, -0.1) is 11.8 Å². The highest BCUT2D eigenvalue weighted by Gasteiger charge is 2.45. The minimum absolute atomic E-state index is 0.0390. The van der Waals surface area contributed by atoms with Crippen molar-refractivity contribution in [2.45, 2.75) is 29.5 Å². The molecular weight excluding hydrogens is 409 g/mol. The van der Waals surface area contributed by atoms with Crippen molar-refractivity contribution in [1.29, 1.82) is 5.41 Å². The molecule has 1 N–H and O–H groups in total. The lowest BCUT2D eigenvalue weighted by Gasteiger charge is -2.25. The number of alkyl halides is 6. The fourth-order valence-electron chi connectivity index (χ4n) is 2.21. The Balaban J connectivity index is 2.39. The van der Waals surface area contributed by atoms with Gasteiger partial charge in [0.1, 0.15) is 17.7 Å². The Labute approximate surface area is 151 Å². The van der Waals surface area contributed by atoms with Crippen molar-refractivity contribution in [3.63, 3.8) is 0 Å². The summed E-state index contributed by atoms with van der Waals surface area (Å²) in [6, 6.07) is 1.92. The quantitative estimate of drug-likeness (QED) is 0.557. The van der Waals surface area contributed by atoms with E-state index in [1.807, 2.05) is 0 Å². The lowest BCUT2D eigenvalue weighted by Crippen LogP contribution is -2.38. The first-order chi connectivity index (χ1) is 11.8. The number of nitrogens with one attached hydrogen (secondary N) is 1. The van der Waals surface area contributed by atoms with E-state index >= 15 is 0 Å². The number of carbonyl (C=O) groups is 1. The fourth-order valence-corrected chi connectivity index (χ4v) is 4.08. The highest BCUT2D eigenvalue weighted by atomic mass is 32.2. The summed E-state index contributed by atoms with van der Waals surface area (Å²) in [5.41, 5.74) is -0.183. The van der Waals surface area contributed by atoms with Gasteiger partial charge < -0.3 is 4.90 Å². The van der Waals surface area contributed by atoms with E-state index in [1.54, 1.807) is 0 Å². The molecule has 1 heterocycles. The predicted octanol–water partition coefficient (Wildman–Crippen LogP) is 4.90. The van der Waals surface area contributed by atoms with Crippen LogP contribution in [0.2, 0.25) is 0 Å². The van der Waals surface area contributed by atoms with Crippen molar-refractivity contribution < 1.29 is 35.5 Å². The van der Waals surface area contributed by atoms with Crippen LogP contribution in [0.3, 0.4) is 0 Å². The van der Waals surface area contributed by atoms with E-state index < -0.39 is 46.8 Å². The van der Waals surface area contributed by atoms with Crippen LogP contribution in [-0.4, -0.2) is 40.5 Å². The van der Waals surface area contributed by atoms with Crippen LogP contribution in [0, 0.1) is 18.2 Å². The van der Waals surface area contributed by atoms with Crippen LogP contribution in [0.1, 0.15) is 16.5 Å². The predicted molar refractivity (Wildman–Crippen MR) is 83.7 cm³/mol. The summed E-state index contributed by atoms with van der Waals surface area (Å²) in [4.78, 5) is 12.1. The third-order valence-electron chi connectivity index (χ3n) is 3.27. The van der Waals surface area contributed by atoms with Crippen LogP contribution >= 0.6 is 23.5 Å². The Morgan fingerprint density at radius 2 is 1.81 bits per heavy atom. The lowest BCUT2D eigenvalue weighted by molar-refractivity contribution is -0.157. The molecule has 144 valence electrons. The van der Waals surface area contributed by atoms with Crippen LogP contribution in [0.15, 0.2) is 17.0 Å². The molecule has 3 nitrogen and oxygen atoms in total. The minimum Gasteiger partial charge on any atom is -0.311 e. The zero-order valence-corrected chi connectivity index (χ0v) is 14.6. The van der Waals surface area contributed by atoms with Crippen LogP contribution in [0.5, 0.6) is 0 Å². The fraction of sp³-hybridized carbons (Fsp3) is 0.429. The first kappa shape index (κ1) is 20.9. The van der Waals surface area contributed by atoms with Gasteiger partial charge in [-0.1, -0.05) is 11.8 Å². The van der Waals surface area contributed by atoms with Crippen molar-refractivity contribution >= 4 is 34.5 Å². The second kappa shape index (κ2) is 7.29. The summed E-state index contributed by atoms with van der Waals surface area (Å²) >= 11 is 0.787. The third-order valence-corrected chi connectivity index (χ3v) is 5.63. The molecule has 26 heavy (non-hydrogen) atoms. The van der Waals surface area contributed by atoms with Crippen molar-refractivity contribution in [1.82, 2.24) is 4.90 Å². The Bertz CT molecular complexity index is 733. The molecular formula is C14H11F7N2OS2. The highest BCUT2D eigenvalue weighted by Crippen LogP contribution is 2.44. The van der Waals surface area contributed by atoms with E-state index in [0.717, 1.165) is 12.1 Å². The summed E-state index contributed by atoms with van der Waals surface area (Å²) in [6.07, 6.45) is -9.25. The van der Waals surface area contributed by atoms with E-state index in [9.17, 15) is 35.5 Å². The molecule has 1 aliphatic rings. The van der Waals surface area contributed by atoms with E-state index in [4.69, 9.17) is 5.41 Å². The number of thioether (sulfide) groups is 2. The van der Waals surface area contributed by atoms with E-state index in [0.29, 0.717) is 28.4 Å². The van der Waals surface area contributed by atoms with Crippen LogP contribution in [-0.2, 0) is 4.79 Å². The number of amides is 1. The van der Waals surface area contributed by atoms with Crippen LogP contribution in [0.4, 0.5) is 30.7 Å². The molecule has 1 saturated heterocycles. The summed E-state index contributed by atoms with van der Waals surface area (Å²) in [5, 5.41) is 5.27. The molecule has 0 aromatic heterocycles. The summed E-state index contributed by atoms with van der Waals surface area (Å²) < 4.78 is 89.6. The molecule has 1 aliphatic heterocycles. The summed E-state index contributed by atoms with van der Waals surface area (Å²) in [7, 11) is 0. The Kier molecular flexibility index (Phi) is 5.86. The number of nitrogens with zero attached hydrogens (tertiary/aromatic N) is 1. The van der Waals surface area contributed by atoms with E-state index in [2.05, 4.69) is 0 Å². The molecule has 0 bridgehead atoms. The van der Waals surface area contributed by atoms with Gasteiger partial charge >= 0.3 is 12.4 Å². The zero-order chi connectivity index (χ0) is 19.9. The van der Waals surface area contributed by atoms with Gasteiger partial charge in [0.2, 0.25) is 0 Å². The van der Waals surface area contributed by atoms with Crippen molar-refractivity contribution in [2.75, 3.05) is 12.3 Å². The topological polar surface area (TPSA) is 44.2 Å². The molecule has 0 radical (unpaired) electrons. The molecule has 1 amide bonds. The van der Waals surface area contributed by atoms with E-state index in [1.165, 1.54) is 6.92 Å². The van der Waals surface area contributed by atoms with Crippen LogP contribution < -0.4 is 0 Å². The molecule has 1 atom stereocenters. The molecule has 0 saturated carbocycles. The Hall–Kier alpha value is -1.43. The molecule has 1 aromatic carbocycles. The molecule has 12 heteroatoms. The van der Waals surface area contributed by atoms with Crippen LogP contribution in [0.25, 0.3) is 0 Å². The maximum Gasteiger partial charge on any atom is 0.406 e. The number of benzene rings is 1.